The van der Waals surface area contributed by atoms with Crippen LogP contribution in [0.25, 0.3) is 0 Å². The van der Waals surface area contributed by atoms with Gasteiger partial charge < -0.3 is 10.2 Å². The highest BCUT2D eigenvalue weighted by molar-refractivity contribution is 6.63. The maximum atomic E-state index is 9.77. The lowest BCUT2D eigenvalue weighted by molar-refractivity contribution is -0.154. The Balaban J connectivity index is 0. The maximum absolute atomic E-state index is 9.77. The fourth-order valence-corrected chi connectivity index (χ4v) is 0. The van der Waals surface area contributed by atoms with E-state index in [1.807, 2.05) is 0 Å². The number of hydrogen-bond acceptors (Lipinski definition) is 2. The van der Waals surface area contributed by atoms with E-state index in [1.54, 1.807) is 0 Å². The molecule has 0 saturated heterocycles. The van der Waals surface area contributed by atoms with Gasteiger partial charge in [0.2, 0.25) is 0 Å². The molecule has 11 heavy (non-hydrogen) atoms. The minimum Gasteiger partial charge on any atom is -0.479 e. The molecule has 0 aromatic carbocycles. The molecule has 6 heteroatoms. The van der Waals surface area contributed by atoms with Crippen molar-refractivity contribution in [3.05, 3.63) is 0 Å². The van der Waals surface area contributed by atoms with Crippen molar-refractivity contribution in [2.75, 3.05) is 0 Å². The molecular formula is C5H9Cl3O3. The van der Waals surface area contributed by atoms with Crippen LogP contribution >= 0.6 is 34.8 Å². The van der Waals surface area contributed by atoms with Crippen molar-refractivity contribution in [1.29, 1.82) is 0 Å². The van der Waals surface area contributed by atoms with Gasteiger partial charge in [0, 0.05) is 0 Å². The Hall–Kier alpha value is 0.300. The van der Waals surface area contributed by atoms with Crippen molar-refractivity contribution in [1.82, 2.24) is 0 Å². The lowest BCUT2D eigenvalue weighted by atomic mass is 10.1. The highest BCUT2D eigenvalue weighted by Gasteiger charge is 2.21. The molecule has 0 spiro atoms. The molecular weight excluding hydrogens is 214 g/mol. The average Bonchev–Trinajstić information content (AvgIpc) is 1.59. The van der Waals surface area contributed by atoms with Crippen LogP contribution in [0.4, 0.5) is 0 Å². The molecule has 0 aromatic heterocycles. The summed E-state index contributed by atoms with van der Waals surface area (Å²) in [7, 11) is 0. The molecule has 0 aliphatic heterocycles. The SMILES string of the molecule is CC(C)(O)C(=O)O.ClC(Cl)Cl. The normalized spacial score (nSPS) is 10.5. The van der Waals surface area contributed by atoms with E-state index in [9.17, 15) is 4.79 Å². The number of rotatable bonds is 1. The molecule has 2 N–H and O–H groups in total. The standard InChI is InChI=1S/C4H8O3.CHCl3/c1-4(2,7)3(5)6;2-1(3)4/h7H,1-2H3,(H,5,6);1H. The number of hydrogen-bond donors (Lipinski definition) is 2. The van der Waals surface area contributed by atoms with Gasteiger partial charge in [0.1, 0.15) is 0 Å². The molecule has 0 unspecified atom stereocenters. The molecule has 3 nitrogen and oxygen atoms in total. The van der Waals surface area contributed by atoms with E-state index < -0.39 is 15.9 Å². The van der Waals surface area contributed by atoms with E-state index in [1.165, 1.54) is 13.8 Å². The molecule has 0 fully saturated rings. The van der Waals surface area contributed by atoms with E-state index >= 15 is 0 Å². The van der Waals surface area contributed by atoms with E-state index in [0.29, 0.717) is 0 Å². The molecule has 0 heterocycles. The van der Waals surface area contributed by atoms with Crippen molar-refractivity contribution in [2.45, 2.75) is 23.7 Å². The maximum Gasteiger partial charge on any atom is 0.335 e. The summed E-state index contributed by atoms with van der Waals surface area (Å²) in [4.78, 5) is 9.77. The summed E-state index contributed by atoms with van der Waals surface area (Å²) < 4.78 is -0.750. The van der Waals surface area contributed by atoms with Gasteiger partial charge in [-0.1, -0.05) is 34.8 Å². The summed E-state index contributed by atoms with van der Waals surface area (Å²) >= 11 is 14.4. The van der Waals surface area contributed by atoms with Crippen LogP contribution in [-0.4, -0.2) is 26.1 Å². The zero-order valence-corrected chi connectivity index (χ0v) is 8.28. The number of aliphatic carboxylic acids is 1. The van der Waals surface area contributed by atoms with Gasteiger partial charge in [-0.05, 0) is 13.8 Å². The van der Waals surface area contributed by atoms with Crippen LogP contribution in [0.1, 0.15) is 13.8 Å². The van der Waals surface area contributed by atoms with Crippen LogP contribution in [0, 0.1) is 0 Å². The fourth-order valence-electron chi connectivity index (χ4n) is 0. The Morgan fingerprint density at radius 3 is 1.45 bits per heavy atom. The summed E-state index contributed by atoms with van der Waals surface area (Å²) in [6, 6.07) is 0. The molecule has 0 amide bonds. The van der Waals surface area contributed by atoms with Gasteiger partial charge in [0.25, 0.3) is 0 Å². The first kappa shape index (κ1) is 13.9. The summed E-state index contributed by atoms with van der Waals surface area (Å²) in [5.74, 6) is -1.20. The Morgan fingerprint density at radius 2 is 1.45 bits per heavy atom. The fraction of sp³-hybridized carbons (Fsp3) is 0.800. The van der Waals surface area contributed by atoms with E-state index in [-0.39, 0.29) is 0 Å². The second kappa shape index (κ2) is 5.89. The zero-order chi connectivity index (χ0) is 9.65. The van der Waals surface area contributed by atoms with Gasteiger partial charge in [0.05, 0.1) is 0 Å². The third-order valence-corrected chi connectivity index (χ3v) is 0.523. The Bertz CT molecular complexity index is 116. The molecule has 0 rings (SSSR count). The number of alkyl halides is 3. The van der Waals surface area contributed by atoms with Gasteiger partial charge in [-0.25, -0.2) is 4.79 Å². The Labute approximate surface area is 79.9 Å². The van der Waals surface area contributed by atoms with Crippen LogP contribution in [-0.2, 0) is 4.79 Å². The van der Waals surface area contributed by atoms with Crippen molar-refractivity contribution >= 4 is 40.8 Å². The molecule has 0 aliphatic rings. The number of halogens is 3. The third-order valence-electron chi connectivity index (χ3n) is 0.523. The van der Waals surface area contributed by atoms with Crippen LogP contribution in [0.3, 0.4) is 0 Å². The smallest absolute Gasteiger partial charge is 0.335 e. The second-order valence-corrected chi connectivity index (χ2v) is 4.09. The van der Waals surface area contributed by atoms with E-state index in [0.717, 1.165) is 0 Å². The lowest BCUT2D eigenvalue weighted by Crippen LogP contribution is -2.30. The van der Waals surface area contributed by atoms with Crippen LogP contribution in [0.5, 0.6) is 0 Å². The molecule has 0 aliphatic carbocycles. The van der Waals surface area contributed by atoms with Gasteiger partial charge in [-0.15, -0.1) is 0 Å². The van der Waals surface area contributed by atoms with Crippen molar-refractivity contribution < 1.29 is 15.0 Å². The van der Waals surface area contributed by atoms with Crippen molar-refractivity contribution in [3.8, 4) is 0 Å². The summed E-state index contributed by atoms with van der Waals surface area (Å²) in [6.07, 6.45) is 0. The molecule has 68 valence electrons. The molecule has 0 atom stereocenters. The minimum atomic E-state index is -1.58. The van der Waals surface area contributed by atoms with E-state index in [4.69, 9.17) is 45.0 Å². The first-order chi connectivity index (χ1) is 4.68. The number of aliphatic hydroxyl groups is 1. The molecule has 0 bridgehead atoms. The number of carbonyl (C=O) groups is 1. The van der Waals surface area contributed by atoms with Gasteiger partial charge in [0.15, 0.2) is 9.90 Å². The van der Waals surface area contributed by atoms with E-state index in [2.05, 4.69) is 0 Å². The predicted octanol–water partition coefficient (Wildman–Crippen LogP) is 1.83. The third kappa shape index (κ3) is 17.9. The molecule has 0 saturated carbocycles. The van der Waals surface area contributed by atoms with Crippen molar-refractivity contribution in [2.24, 2.45) is 0 Å². The van der Waals surface area contributed by atoms with Gasteiger partial charge in [-0.2, -0.15) is 0 Å². The predicted molar refractivity (Wildman–Crippen MR) is 45.3 cm³/mol. The Kier molecular flexibility index (Phi) is 7.42. The quantitative estimate of drug-likeness (QED) is 0.667. The molecule has 0 radical (unpaired) electrons. The highest BCUT2D eigenvalue weighted by Crippen LogP contribution is 2.03. The topological polar surface area (TPSA) is 57.5 Å². The number of carboxylic acid groups (broad SMARTS) is 1. The summed E-state index contributed by atoms with van der Waals surface area (Å²) in [5, 5.41) is 16.5. The number of carboxylic acids is 1. The van der Waals surface area contributed by atoms with Crippen LogP contribution < -0.4 is 0 Å². The lowest BCUT2D eigenvalue weighted by Gasteiger charge is -2.07. The van der Waals surface area contributed by atoms with Crippen LogP contribution in [0.15, 0.2) is 0 Å². The monoisotopic (exact) mass is 222 g/mol. The zero-order valence-electron chi connectivity index (χ0n) is 6.01. The molecule has 0 aromatic rings. The second-order valence-electron chi connectivity index (χ2n) is 2.11. The van der Waals surface area contributed by atoms with Gasteiger partial charge in [-0.3, -0.25) is 0 Å². The Morgan fingerprint density at radius 1 is 1.36 bits per heavy atom. The van der Waals surface area contributed by atoms with Gasteiger partial charge >= 0.3 is 5.97 Å². The highest BCUT2D eigenvalue weighted by atomic mass is 35.6. The summed E-state index contributed by atoms with van der Waals surface area (Å²) in [5.41, 5.74) is -1.58. The average molecular weight is 223 g/mol. The first-order valence-electron chi connectivity index (χ1n) is 2.56. The van der Waals surface area contributed by atoms with Crippen LogP contribution in [0.2, 0.25) is 0 Å². The summed E-state index contributed by atoms with van der Waals surface area (Å²) in [6.45, 7) is 2.44. The first-order valence-corrected chi connectivity index (χ1v) is 3.87. The minimum absolute atomic E-state index is 0.750. The van der Waals surface area contributed by atoms with Crippen molar-refractivity contribution in [3.63, 3.8) is 0 Å². The largest absolute Gasteiger partial charge is 0.479 e.